The first-order chi connectivity index (χ1) is 8.16. The fraction of sp³-hybridized carbons (Fsp3) is 0.167. The Bertz CT molecular complexity index is 513. The molecule has 0 fully saturated rings. The molecule has 0 amide bonds. The molecule has 5 heteroatoms. The number of benzene rings is 1. The van der Waals surface area contributed by atoms with Crippen molar-refractivity contribution in [3.05, 3.63) is 36.7 Å². The second-order valence-corrected chi connectivity index (χ2v) is 3.74. The van der Waals surface area contributed by atoms with Crippen LogP contribution in [-0.2, 0) is 0 Å². The van der Waals surface area contributed by atoms with Crippen molar-refractivity contribution in [1.29, 1.82) is 0 Å². The minimum absolute atomic E-state index is 0.280. The Labute approximate surface area is 99.9 Å². The zero-order valence-corrected chi connectivity index (χ0v) is 9.79. The highest BCUT2D eigenvalue weighted by atomic mass is 16.5. The number of nitrogen functional groups attached to an aromatic ring is 1. The topological polar surface area (TPSA) is 64.3 Å². The molecule has 0 aliphatic heterocycles. The van der Waals surface area contributed by atoms with Gasteiger partial charge >= 0.3 is 0 Å². The van der Waals surface area contributed by atoms with Gasteiger partial charge in [0.15, 0.2) is 5.82 Å². The fourth-order valence-electron chi connectivity index (χ4n) is 1.35. The first kappa shape index (κ1) is 11.2. The van der Waals surface area contributed by atoms with Crippen LogP contribution in [0.15, 0.2) is 36.7 Å². The largest absolute Gasteiger partial charge is 0.436 e. The van der Waals surface area contributed by atoms with Crippen LogP contribution in [0.3, 0.4) is 0 Å². The van der Waals surface area contributed by atoms with E-state index in [4.69, 9.17) is 10.5 Å². The Kier molecular flexibility index (Phi) is 3.09. The minimum Gasteiger partial charge on any atom is -0.436 e. The average Bonchev–Trinajstić information content (AvgIpc) is 2.32. The highest BCUT2D eigenvalue weighted by Crippen LogP contribution is 2.25. The maximum absolute atomic E-state index is 5.66. The average molecular weight is 230 g/mol. The van der Waals surface area contributed by atoms with Gasteiger partial charge in [0.2, 0.25) is 0 Å². The van der Waals surface area contributed by atoms with Crippen LogP contribution in [0, 0.1) is 0 Å². The van der Waals surface area contributed by atoms with Gasteiger partial charge in [-0.2, -0.15) is 0 Å². The maximum atomic E-state index is 5.66. The van der Waals surface area contributed by atoms with Crippen molar-refractivity contribution >= 4 is 11.5 Å². The van der Waals surface area contributed by atoms with Gasteiger partial charge in [-0.15, -0.1) is 0 Å². The normalized spacial score (nSPS) is 10.0. The Morgan fingerprint density at radius 1 is 1.18 bits per heavy atom. The minimum atomic E-state index is 0.280. The van der Waals surface area contributed by atoms with E-state index in [9.17, 15) is 0 Å². The summed E-state index contributed by atoms with van der Waals surface area (Å²) in [5.74, 6) is 1.29. The molecule has 0 saturated carbocycles. The summed E-state index contributed by atoms with van der Waals surface area (Å²) in [6.45, 7) is 0. The van der Waals surface area contributed by atoms with E-state index in [0.29, 0.717) is 11.6 Å². The number of anilines is 2. The lowest BCUT2D eigenvalue weighted by molar-refractivity contribution is 0.463. The zero-order chi connectivity index (χ0) is 12.3. The lowest BCUT2D eigenvalue weighted by atomic mass is 10.3. The monoisotopic (exact) mass is 230 g/mol. The van der Waals surface area contributed by atoms with Crippen molar-refractivity contribution in [2.45, 2.75) is 0 Å². The summed E-state index contributed by atoms with van der Waals surface area (Å²) in [4.78, 5) is 9.93. The van der Waals surface area contributed by atoms with Crippen molar-refractivity contribution in [2.24, 2.45) is 0 Å². The number of nitrogens with two attached hydrogens (primary N) is 1. The molecule has 0 atom stereocenters. The molecule has 2 aromatic rings. The van der Waals surface area contributed by atoms with E-state index in [1.54, 1.807) is 6.20 Å². The fourth-order valence-corrected chi connectivity index (χ4v) is 1.35. The summed E-state index contributed by atoms with van der Waals surface area (Å²) in [6.07, 6.45) is 3.07. The molecule has 2 N–H and O–H groups in total. The number of aromatic nitrogens is 2. The smallest absolute Gasteiger partial charge is 0.262 e. The molecular weight excluding hydrogens is 216 g/mol. The van der Waals surface area contributed by atoms with Crippen LogP contribution in [0.4, 0.5) is 11.5 Å². The van der Waals surface area contributed by atoms with Crippen LogP contribution in [0.1, 0.15) is 0 Å². The summed E-state index contributed by atoms with van der Waals surface area (Å²) in [5, 5.41) is 0. The van der Waals surface area contributed by atoms with E-state index < -0.39 is 0 Å². The summed E-state index contributed by atoms with van der Waals surface area (Å²) < 4.78 is 5.57. The Hall–Kier alpha value is -2.30. The van der Waals surface area contributed by atoms with Gasteiger partial charge in [-0.3, -0.25) is 0 Å². The van der Waals surface area contributed by atoms with Gasteiger partial charge in [-0.25, -0.2) is 9.97 Å². The molecule has 0 aliphatic rings. The molecule has 88 valence electrons. The van der Waals surface area contributed by atoms with Crippen molar-refractivity contribution in [2.75, 3.05) is 24.7 Å². The first-order valence-electron chi connectivity index (χ1n) is 5.18. The molecule has 0 unspecified atom stereocenters. The molecule has 2 rings (SSSR count). The van der Waals surface area contributed by atoms with Crippen molar-refractivity contribution < 1.29 is 4.74 Å². The molecule has 17 heavy (non-hydrogen) atoms. The summed E-state index contributed by atoms with van der Waals surface area (Å²) in [6, 6.07) is 7.67. The van der Waals surface area contributed by atoms with E-state index in [1.165, 1.54) is 6.20 Å². The lowest BCUT2D eigenvalue weighted by Gasteiger charge is -2.13. The molecule has 0 radical (unpaired) electrons. The molecule has 1 aromatic heterocycles. The molecule has 0 saturated heterocycles. The number of hydrogen-bond donors (Lipinski definition) is 1. The zero-order valence-electron chi connectivity index (χ0n) is 9.79. The van der Waals surface area contributed by atoms with Gasteiger partial charge in [0, 0.05) is 38.2 Å². The predicted octanol–water partition coefficient (Wildman–Crippen LogP) is 1.92. The highest BCUT2D eigenvalue weighted by molar-refractivity contribution is 5.51. The molecule has 1 heterocycles. The third-order valence-corrected chi connectivity index (χ3v) is 2.24. The second kappa shape index (κ2) is 4.69. The van der Waals surface area contributed by atoms with Gasteiger partial charge < -0.3 is 15.4 Å². The van der Waals surface area contributed by atoms with E-state index in [0.717, 1.165) is 5.69 Å². The van der Waals surface area contributed by atoms with E-state index >= 15 is 0 Å². The van der Waals surface area contributed by atoms with Crippen LogP contribution in [0.2, 0.25) is 0 Å². The van der Waals surface area contributed by atoms with E-state index in [-0.39, 0.29) is 5.82 Å². The third-order valence-electron chi connectivity index (χ3n) is 2.24. The molecule has 5 nitrogen and oxygen atoms in total. The molecule has 0 bridgehead atoms. The van der Waals surface area contributed by atoms with Crippen LogP contribution in [0.5, 0.6) is 11.6 Å². The summed E-state index contributed by atoms with van der Waals surface area (Å²) >= 11 is 0. The molecule has 0 aliphatic carbocycles. The Balaban J connectivity index is 2.25. The summed E-state index contributed by atoms with van der Waals surface area (Å²) in [7, 11) is 3.94. The predicted molar refractivity (Wildman–Crippen MR) is 67.3 cm³/mol. The van der Waals surface area contributed by atoms with E-state index in [2.05, 4.69) is 9.97 Å². The quantitative estimate of drug-likeness (QED) is 0.872. The van der Waals surface area contributed by atoms with Crippen LogP contribution < -0.4 is 15.4 Å². The van der Waals surface area contributed by atoms with Gasteiger partial charge in [-0.05, 0) is 12.1 Å². The van der Waals surface area contributed by atoms with Crippen LogP contribution >= 0.6 is 0 Å². The summed E-state index contributed by atoms with van der Waals surface area (Å²) in [5.41, 5.74) is 6.70. The van der Waals surface area contributed by atoms with Crippen LogP contribution in [-0.4, -0.2) is 24.1 Å². The van der Waals surface area contributed by atoms with Gasteiger partial charge in [0.25, 0.3) is 5.88 Å². The van der Waals surface area contributed by atoms with Crippen molar-refractivity contribution in [1.82, 2.24) is 9.97 Å². The Morgan fingerprint density at radius 2 is 1.94 bits per heavy atom. The van der Waals surface area contributed by atoms with E-state index in [1.807, 2.05) is 43.3 Å². The van der Waals surface area contributed by atoms with Gasteiger partial charge in [0.1, 0.15) is 5.75 Å². The van der Waals surface area contributed by atoms with Crippen molar-refractivity contribution in [3.8, 4) is 11.6 Å². The molecule has 1 aromatic carbocycles. The maximum Gasteiger partial charge on any atom is 0.262 e. The van der Waals surface area contributed by atoms with Crippen molar-refractivity contribution in [3.63, 3.8) is 0 Å². The Morgan fingerprint density at radius 3 is 2.65 bits per heavy atom. The number of rotatable bonds is 3. The standard InChI is InChI=1S/C12H14N4O/c1-16(2)9-4-3-5-10(8-9)17-12-11(13)14-6-7-15-12/h3-8H,1-2H3,(H2,13,14). The van der Waals surface area contributed by atoms with Gasteiger partial charge in [0.05, 0.1) is 0 Å². The number of nitrogens with zero attached hydrogens (tertiary/aromatic N) is 3. The molecule has 0 spiro atoms. The van der Waals surface area contributed by atoms with Crippen LogP contribution in [0.25, 0.3) is 0 Å². The third kappa shape index (κ3) is 2.63. The van der Waals surface area contributed by atoms with Gasteiger partial charge in [-0.1, -0.05) is 6.07 Å². The first-order valence-corrected chi connectivity index (χ1v) is 5.18. The molecular formula is C12H14N4O. The lowest BCUT2D eigenvalue weighted by Crippen LogP contribution is -2.08. The highest BCUT2D eigenvalue weighted by Gasteiger charge is 2.05. The number of hydrogen-bond acceptors (Lipinski definition) is 5. The number of ether oxygens (including phenoxy) is 1. The second-order valence-electron chi connectivity index (χ2n) is 3.74. The SMILES string of the molecule is CN(C)c1cccc(Oc2nccnc2N)c1.